The molecule has 1 aliphatic heterocycles. The summed E-state index contributed by atoms with van der Waals surface area (Å²) in [4.78, 5) is 27.9. The molecule has 0 spiro atoms. The van der Waals surface area contributed by atoms with E-state index in [9.17, 15) is 14.0 Å². The Labute approximate surface area is 164 Å². The fraction of sp³-hybridized carbons (Fsp3) is 0.391. The molecule has 0 aromatic heterocycles. The van der Waals surface area contributed by atoms with Crippen molar-refractivity contribution in [3.05, 3.63) is 64.5 Å². The van der Waals surface area contributed by atoms with Crippen molar-refractivity contribution in [2.24, 2.45) is 0 Å². The maximum Gasteiger partial charge on any atom is 0.227 e. The molecule has 2 aliphatic rings. The van der Waals surface area contributed by atoms with Gasteiger partial charge in [-0.25, -0.2) is 4.39 Å². The average molecular weight is 380 g/mol. The zero-order valence-corrected chi connectivity index (χ0v) is 16.2. The van der Waals surface area contributed by atoms with Crippen molar-refractivity contribution < 1.29 is 14.0 Å². The number of benzene rings is 2. The summed E-state index contributed by atoms with van der Waals surface area (Å²) >= 11 is 0. The normalized spacial score (nSPS) is 16.2. The maximum absolute atomic E-state index is 14.4. The van der Waals surface area contributed by atoms with E-state index in [2.05, 4.69) is 18.2 Å². The SMILES string of the molecule is CC(=O)c1ccc(N2CCN(C(=O)Cc3ccc4c(c3)CCC4)CC2)c(F)c1. The van der Waals surface area contributed by atoms with Gasteiger partial charge >= 0.3 is 0 Å². The van der Waals surface area contributed by atoms with Crippen LogP contribution in [0, 0.1) is 5.82 Å². The van der Waals surface area contributed by atoms with Crippen LogP contribution >= 0.6 is 0 Å². The lowest BCUT2D eigenvalue weighted by atomic mass is 10.0. The second-order valence-electron chi connectivity index (χ2n) is 7.72. The third-order valence-corrected chi connectivity index (χ3v) is 5.85. The third-order valence-electron chi connectivity index (χ3n) is 5.85. The minimum absolute atomic E-state index is 0.130. The molecule has 0 unspecified atom stereocenters. The second-order valence-corrected chi connectivity index (χ2v) is 7.72. The van der Waals surface area contributed by atoms with Gasteiger partial charge in [-0.3, -0.25) is 9.59 Å². The van der Waals surface area contributed by atoms with E-state index < -0.39 is 0 Å². The Kier molecular flexibility index (Phi) is 5.16. The molecule has 1 aliphatic carbocycles. The number of hydrogen-bond acceptors (Lipinski definition) is 3. The second kappa shape index (κ2) is 7.74. The molecule has 4 rings (SSSR count). The van der Waals surface area contributed by atoms with Gasteiger partial charge in [0.15, 0.2) is 5.78 Å². The van der Waals surface area contributed by atoms with Gasteiger partial charge in [-0.1, -0.05) is 18.2 Å². The number of halogens is 1. The number of piperazine rings is 1. The van der Waals surface area contributed by atoms with Gasteiger partial charge in [0.05, 0.1) is 12.1 Å². The number of carbonyl (C=O) groups is 2. The molecule has 146 valence electrons. The van der Waals surface area contributed by atoms with Crippen molar-refractivity contribution in [2.45, 2.75) is 32.6 Å². The molecule has 2 aromatic carbocycles. The van der Waals surface area contributed by atoms with Crippen molar-refractivity contribution in [3.8, 4) is 0 Å². The van der Waals surface area contributed by atoms with Crippen LogP contribution in [0.5, 0.6) is 0 Å². The molecule has 4 nitrogen and oxygen atoms in total. The Bertz CT molecular complexity index is 917. The summed E-state index contributed by atoms with van der Waals surface area (Å²) in [5.41, 5.74) is 4.77. The Balaban J connectivity index is 1.36. The lowest BCUT2D eigenvalue weighted by Crippen LogP contribution is -2.49. The first-order valence-corrected chi connectivity index (χ1v) is 9.95. The standard InChI is InChI=1S/C23H25FN2O2/c1-16(27)19-7-8-22(21(24)15-19)25-9-11-26(12-10-25)23(28)14-17-5-6-18-3-2-4-20(18)13-17/h5-8,13,15H,2-4,9-12,14H2,1H3. The summed E-state index contributed by atoms with van der Waals surface area (Å²) in [6.07, 6.45) is 3.90. The lowest BCUT2D eigenvalue weighted by Gasteiger charge is -2.36. The minimum atomic E-state index is -0.384. The lowest BCUT2D eigenvalue weighted by molar-refractivity contribution is -0.130. The van der Waals surface area contributed by atoms with E-state index >= 15 is 0 Å². The number of rotatable bonds is 4. The van der Waals surface area contributed by atoms with Crippen LogP contribution in [0.3, 0.4) is 0 Å². The fourth-order valence-corrected chi connectivity index (χ4v) is 4.20. The molecule has 0 atom stereocenters. The number of amides is 1. The van der Waals surface area contributed by atoms with Crippen LogP contribution in [0.2, 0.25) is 0 Å². The molecular formula is C23H25FN2O2. The number of nitrogens with zero attached hydrogens (tertiary/aromatic N) is 2. The van der Waals surface area contributed by atoms with Gasteiger partial charge in [-0.05, 0) is 61.1 Å². The maximum atomic E-state index is 14.4. The number of Topliss-reactive ketones (excluding diaryl/α,β-unsaturated/α-hetero) is 1. The highest BCUT2D eigenvalue weighted by molar-refractivity contribution is 5.94. The molecule has 2 aromatic rings. The van der Waals surface area contributed by atoms with E-state index in [1.54, 1.807) is 12.1 Å². The molecule has 1 fully saturated rings. The minimum Gasteiger partial charge on any atom is -0.366 e. The van der Waals surface area contributed by atoms with Crippen LogP contribution in [0.25, 0.3) is 0 Å². The van der Waals surface area contributed by atoms with Gasteiger partial charge in [-0.2, -0.15) is 0 Å². The van der Waals surface area contributed by atoms with Gasteiger partial charge in [0.2, 0.25) is 5.91 Å². The Morgan fingerprint density at radius 3 is 2.43 bits per heavy atom. The van der Waals surface area contributed by atoms with Crippen LogP contribution in [-0.2, 0) is 24.1 Å². The molecule has 5 heteroatoms. The number of anilines is 1. The Morgan fingerprint density at radius 1 is 0.964 bits per heavy atom. The highest BCUT2D eigenvalue weighted by atomic mass is 19.1. The number of ketones is 1. The fourth-order valence-electron chi connectivity index (χ4n) is 4.20. The summed E-state index contributed by atoms with van der Waals surface area (Å²) in [5, 5.41) is 0. The van der Waals surface area contributed by atoms with Crippen molar-refractivity contribution in [1.82, 2.24) is 4.90 Å². The third kappa shape index (κ3) is 3.79. The van der Waals surface area contributed by atoms with Crippen LogP contribution in [0.15, 0.2) is 36.4 Å². The van der Waals surface area contributed by atoms with Crippen molar-refractivity contribution in [2.75, 3.05) is 31.1 Å². The van der Waals surface area contributed by atoms with Gasteiger partial charge < -0.3 is 9.80 Å². The molecule has 0 radical (unpaired) electrons. The van der Waals surface area contributed by atoms with E-state index in [4.69, 9.17) is 0 Å². The summed E-state index contributed by atoms with van der Waals surface area (Å²) in [5.74, 6) is -0.400. The van der Waals surface area contributed by atoms with E-state index in [-0.39, 0.29) is 17.5 Å². The van der Waals surface area contributed by atoms with Crippen molar-refractivity contribution >= 4 is 17.4 Å². The van der Waals surface area contributed by atoms with Gasteiger partial charge in [0, 0.05) is 31.7 Å². The van der Waals surface area contributed by atoms with Crippen LogP contribution < -0.4 is 4.90 Å². The number of carbonyl (C=O) groups excluding carboxylic acids is 2. The van der Waals surface area contributed by atoms with Crippen LogP contribution in [0.4, 0.5) is 10.1 Å². The first kappa shape index (κ1) is 18.7. The largest absolute Gasteiger partial charge is 0.366 e. The molecule has 1 heterocycles. The molecule has 0 bridgehead atoms. The van der Waals surface area contributed by atoms with Gasteiger partial charge in [-0.15, -0.1) is 0 Å². The highest BCUT2D eigenvalue weighted by Gasteiger charge is 2.23. The van der Waals surface area contributed by atoms with Crippen LogP contribution in [-0.4, -0.2) is 42.8 Å². The zero-order valence-electron chi connectivity index (χ0n) is 16.2. The molecule has 1 amide bonds. The molecular weight excluding hydrogens is 355 g/mol. The number of aryl methyl sites for hydroxylation is 2. The van der Waals surface area contributed by atoms with E-state index in [1.165, 1.54) is 30.5 Å². The van der Waals surface area contributed by atoms with E-state index in [1.807, 2.05) is 9.80 Å². The number of fused-ring (bicyclic) bond motifs is 1. The molecule has 28 heavy (non-hydrogen) atoms. The summed E-state index contributed by atoms with van der Waals surface area (Å²) in [7, 11) is 0. The Morgan fingerprint density at radius 2 is 1.71 bits per heavy atom. The smallest absolute Gasteiger partial charge is 0.227 e. The quantitative estimate of drug-likeness (QED) is 0.764. The van der Waals surface area contributed by atoms with Crippen molar-refractivity contribution in [1.29, 1.82) is 0 Å². The first-order valence-electron chi connectivity index (χ1n) is 9.95. The summed E-state index contributed by atoms with van der Waals surface area (Å²) in [6, 6.07) is 11.0. The van der Waals surface area contributed by atoms with Gasteiger partial charge in [0.25, 0.3) is 0 Å². The van der Waals surface area contributed by atoms with E-state index in [0.29, 0.717) is 43.9 Å². The van der Waals surface area contributed by atoms with Crippen LogP contribution in [0.1, 0.15) is 40.4 Å². The Hall–Kier alpha value is -2.69. The number of hydrogen-bond donors (Lipinski definition) is 0. The predicted molar refractivity (Wildman–Crippen MR) is 107 cm³/mol. The predicted octanol–water partition coefficient (Wildman–Crippen LogP) is 3.41. The molecule has 0 N–H and O–H groups in total. The van der Waals surface area contributed by atoms with E-state index in [0.717, 1.165) is 18.4 Å². The molecule has 1 saturated heterocycles. The van der Waals surface area contributed by atoms with Gasteiger partial charge in [0.1, 0.15) is 5.82 Å². The summed E-state index contributed by atoms with van der Waals surface area (Å²) < 4.78 is 14.4. The molecule has 0 saturated carbocycles. The first-order chi connectivity index (χ1) is 13.5. The summed E-state index contributed by atoms with van der Waals surface area (Å²) in [6.45, 7) is 3.77. The zero-order chi connectivity index (χ0) is 19.7. The van der Waals surface area contributed by atoms with Crippen molar-refractivity contribution in [3.63, 3.8) is 0 Å². The highest BCUT2D eigenvalue weighted by Crippen LogP contribution is 2.24. The monoisotopic (exact) mass is 380 g/mol. The topological polar surface area (TPSA) is 40.6 Å². The average Bonchev–Trinajstić information content (AvgIpc) is 3.16.